The van der Waals surface area contributed by atoms with Crippen molar-refractivity contribution in [2.24, 2.45) is 0 Å². The fourth-order valence-corrected chi connectivity index (χ4v) is 1.59. The van der Waals surface area contributed by atoms with E-state index in [0.717, 1.165) is 5.56 Å². The number of rotatable bonds is 5. The highest BCUT2D eigenvalue weighted by Gasteiger charge is 2.19. The fourth-order valence-electron chi connectivity index (χ4n) is 1.59. The third-order valence-electron chi connectivity index (χ3n) is 2.65. The summed E-state index contributed by atoms with van der Waals surface area (Å²) < 4.78 is 10.3. The van der Waals surface area contributed by atoms with Gasteiger partial charge < -0.3 is 14.6 Å². The molecule has 0 saturated carbocycles. The molecule has 0 aliphatic rings. The van der Waals surface area contributed by atoms with Crippen molar-refractivity contribution in [1.82, 2.24) is 5.16 Å². The van der Waals surface area contributed by atoms with Gasteiger partial charge in [-0.2, -0.15) is 0 Å². The molecule has 19 heavy (non-hydrogen) atoms. The number of carbonyl (C=O) groups is 1. The molecule has 5 nitrogen and oxygen atoms in total. The van der Waals surface area contributed by atoms with E-state index >= 15 is 0 Å². The molecule has 1 atom stereocenters. The van der Waals surface area contributed by atoms with Gasteiger partial charge in [-0.3, -0.25) is 4.79 Å². The number of amides is 1. The van der Waals surface area contributed by atoms with Gasteiger partial charge in [-0.15, -0.1) is 0 Å². The molecule has 2 aromatic rings. The third kappa shape index (κ3) is 3.58. The largest absolute Gasteiger partial charge is 0.481 e. The van der Waals surface area contributed by atoms with Crippen LogP contribution in [0.3, 0.4) is 0 Å². The van der Waals surface area contributed by atoms with Gasteiger partial charge in [0, 0.05) is 6.07 Å². The number of hydrogen-bond acceptors (Lipinski definition) is 4. The zero-order valence-electron chi connectivity index (χ0n) is 10.9. The zero-order valence-corrected chi connectivity index (χ0v) is 10.9. The van der Waals surface area contributed by atoms with E-state index in [2.05, 4.69) is 15.0 Å². The van der Waals surface area contributed by atoms with Crippen LogP contribution in [-0.2, 0) is 4.79 Å². The molecule has 0 fully saturated rings. The summed E-state index contributed by atoms with van der Waals surface area (Å²) in [6.45, 7) is 3.89. The van der Waals surface area contributed by atoms with E-state index in [9.17, 15) is 4.79 Å². The maximum atomic E-state index is 12.0. The molecule has 1 N–H and O–H groups in total. The summed E-state index contributed by atoms with van der Waals surface area (Å²) in [6, 6.07) is 9.16. The molecule has 1 aromatic heterocycles. The smallest absolute Gasteiger partial charge is 0.266 e. The van der Waals surface area contributed by atoms with Crippen LogP contribution in [0.5, 0.6) is 5.75 Å². The molecule has 0 bridgehead atoms. The minimum Gasteiger partial charge on any atom is -0.481 e. The number of ether oxygens (including phenoxy) is 1. The standard InChI is InChI=1S/C14H16N2O3/c1-3-12(14(17)15-13-8-9-18-16-13)19-11-6-4-10(2)5-7-11/h4-9,12H,3H2,1-2H3,(H,15,16,17). The molecule has 0 saturated heterocycles. The second-order valence-corrected chi connectivity index (χ2v) is 4.20. The number of hydrogen-bond donors (Lipinski definition) is 1. The second kappa shape index (κ2) is 6.04. The maximum absolute atomic E-state index is 12.0. The summed E-state index contributed by atoms with van der Waals surface area (Å²) in [6.07, 6.45) is 1.41. The molecule has 0 spiro atoms. The fraction of sp³-hybridized carbons (Fsp3) is 0.286. The highest BCUT2D eigenvalue weighted by molar-refractivity contribution is 5.93. The molecule has 1 unspecified atom stereocenters. The number of anilines is 1. The first-order valence-corrected chi connectivity index (χ1v) is 6.13. The van der Waals surface area contributed by atoms with Crippen LogP contribution < -0.4 is 10.1 Å². The van der Waals surface area contributed by atoms with Gasteiger partial charge in [0.25, 0.3) is 5.91 Å². The van der Waals surface area contributed by atoms with Crippen molar-refractivity contribution in [3.8, 4) is 5.75 Å². The van der Waals surface area contributed by atoms with Crippen LogP contribution in [0.2, 0.25) is 0 Å². The van der Waals surface area contributed by atoms with E-state index in [0.29, 0.717) is 18.0 Å². The SMILES string of the molecule is CCC(Oc1ccc(C)cc1)C(=O)Nc1ccon1. The number of nitrogens with one attached hydrogen (secondary N) is 1. The minimum atomic E-state index is -0.556. The van der Waals surface area contributed by atoms with Gasteiger partial charge in [0.2, 0.25) is 0 Å². The van der Waals surface area contributed by atoms with E-state index in [1.54, 1.807) is 6.07 Å². The van der Waals surface area contributed by atoms with Crippen LogP contribution in [0.1, 0.15) is 18.9 Å². The van der Waals surface area contributed by atoms with Crippen LogP contribution >= 0.6 is 0 Å². The van der Waals surface area contributed by atoms with Crippen LogP contribution in [0, 0.1) is 6.92 Å². The normalized spacial score (nSPS) is 11.9. The monoisotopic (exact) mass is 260 g/mol. The van der Waals surface area contributed by atoms with E-state index in [1.165, 1.54) is 6.26 Å². The summed E-state index contributed by atoms with van der Waals surface area (Å²) >= 11 is 0. The Bertz CT molecular complexity index is 520. The number of nitrogens with zero attached hydrogens (tertiary/aromatic N) is 1. The van der Waals surface area contributed by atoms with Crippen molar-refractivity contribution in [2.75, 3.05) is 5.32 Å². The molecule has 1 heterocycles. The quantitative estimate of drug-likeness (QED) is 0.897. The van der Waals surface area contributed by atoms with Crippen LogP contribution in [-0.4, -0.2) is 17.2 Å². The molecule has 1 amide bonds. The highest BCUT2D eigenvalue weighted by atomic mass is 16.5. The van der Waals surface area contributed by atoms with Gasteiger partial charge in [-0.1, -0.05) is 29.8 Å². The van der Waals surface area contributed by atoms with E-state index in [1.807, 2.05) is 38.1 Å². The van der Waals surface area contributed by atoms with E-state index in [-0.39, 0.29) is 5.91 Å². The Morgan fingerprint density at radius 2 is 2.11 bits per heavy atom. The van der Waals surface area contributed by atoms with Gasteiger partial charge >= 0.3 is 0 Å². The average Bonchev–Trinajstić information content (AvgIpc) is 2.90. The lowest BCUT2D eigenvalue weighted by molar-refractivity contribution is -0.122. The summed E-state index contributed by atoms with van der Waals surface area (Å²) in [5.74, 6) is 0.820. The lowest BCUT2D eigenvalue weighted by atomic mass is 10.2. The molecule has 0 aliphatic carbocycles. The first-order valence-electron chi connectivity index (χ1n) is 6.13. The van der Waals surface area contributed by atoms with Gasteiger partial charge in [0.15, 0.2) is 11.9 Å². The third-order valence-corrected chi connectivity index (χ3v) is 2.65. The molecule has 1 aromatic carbocycles. The second-order valence-electron chi connectivity index (χ2n) is 4.20. The molecule has 5 heteroatoms. The van der Waals surface area contributed by atoms with Crippen molar-refractivity contribution < 1.29 is 14.1 Å². The minimum absolute atomic E-state index is 0.239. The predicted molar refractivity (Wildman–Crippen MR) is 71.0 cm³/mol. The first-order chi connectivity index (χ1) is 9.19. The van der Waals surface area contributed by atoms with Crippen molar-refractivity contribution in [3.05, 3.63) is 42.2 Å². The Labute approximate surface area is 111 Å². The molecule has 100 valence electrons. The van der Waals surface area contributed by atoms with Gasteiger partial charge in [0.05, 0.1) is 0 Å². The van der Waals surface area contributed by atoms with E-state index < -0.39 is 6.10 Å². The number of aromatic nitrogens is 1. The Balaban J connectivity index is 1.99. The number of aryl methyl sites for hydroxylation is 1. The van der Waals surface area contributed by atoms with Gasteiger partial charge in [-0.25, -0.2) is 0 Å². The molecule has 0 radical (unpaired) electrons. The zero-order chi connectivity index (χ0) is 13.7. The average molecular weight is 260 g/mol. The topological polar surface area (TPSA) is 64.4 Å². The highest BCUT2D eigenvalue weighted by Crippen LogP contribution is 2.15. The summed E-state index contributed by atoms with van der Waals surface area (Å²) in [4.78, 5) is 12.0. The number of benzene rings is 1. The van der Waals surface area contributed by atoms with E-state index in [4.69, 9.17) is 4.74 Å². The lowest BCUT2D eigenvalue weighted by Crippen LogP contribution is -2.32. The Morgan fingerprint density at radius 3 is 2.68 bits per heavy atom. The van der Waals surface area contributed by atoms with Crippen LogP contribution in [0.15, 0.2) is 41.1 Å². The van der Waals surface area contributed by atoms with Crippen molar-refractivity contribution in [1.29, 1.82) is 0 Å². The Hall–Kier alpha value is -2.30. The van der Waals surface area contributed by atoms with Crippen molar-refractivity contribution >= 4 is 11.7 Å². The van der Waals surface area contributed by atoms with Gasteiger partial charge in [-0.05, 0) is 25.5 Å². The lowest BCUT2D eigenvalue weighted by Gasteiger charge is -2.16. The predicted octanol–water partition coefficient (Wildman–Crippen LogP) is 2.78. The van der Waals surface area contributed by atoms with Crippen LogP contribution in [0.25, 0.3) is 0 Å². The summed E-state index contributed by atoms with van der Waals surface area (Å²) in [5, 5.41) is 6.26. The van der Waals surface area contributed by atoms with Crippen molar-refractivity contribution in [2.45, 2.75) is 26.4 Å². The Morgan fingerprint density at radius 1 is 1.37 bits per heavy atom. The van der Waals surface area contributed by atoms with Crippen molar-refractivity contribution in [3.63, 3.8) is 0 Å². The first kappa shape index (κ1) is 13.1. The number of carbonyl (C=O) groups excluding carboxylic acids is 1. The molecule has 2 rings (SSSR count). The molecule has 0 aliphatic heterocycles. The summed E-state index contributed by atoms with van der Waals surface area (Å²) in [5.41, 5.74) is 1.15. The summed E-state index contributed by atoms with van der Waals surface area (Å²) in [7, 11) is 0. The molecular formula is C14H16N2O3. The maximum Gasteiger partial charge on any atom is 0.266 e. The Kier molecular flexibility index (Phi) is 4.18. The molecular weight excluding hydrogens is 244 g/mol. The van der Waals surface area contributed by atoms with Crippen LogP contribution in [0.4, 0.5) is 5.82 Å². The van der Waals surface area contributed by atoms with Gasteiger partial charge in [0.1, 0.15) is 12.0 Å².